The highest BCUT2D eigenvalue weighted by atomic mass is 16.8. The average Bonchev–Trinajstić information content (AvgIpc) is 3.26. The molecule has 3 unspecified atom stereocenters. The van der Waals surface area contributed by atoms with Gasteiger partial charge in [-0.15, -0.1) is 0 Å². The van der Waals surface area contributed by atoms with Gasteiger partial charge in [0.15, 0.2) is 11.9 Å². The molecule has 0 saturated carbocycles. The Labute approximate surface area is 178 Å². The minimum atomic E-state index is -1.27. The van der Waals surface area contributed by atoms with Crippen molar-refractivity contribution in [2.75, 3.05) is 14.2 Å². The van der Waals surface area contributed by atoms with Crippen LogP contribution in [0.5, 0.6) is 0 Å². The van der Waals surface area contributed by atoms with Crippen molar-refractivity contribution in [1.82, 2.24) is 0 Å². The van der Waals surface area contributed by atoms with Gasteiger partial charge in [-0.25, -0.2) is 4.79 Å². The lowest BCUT2D eigenvalue weighted by Gasteiger charge is -2.47. The maximum absolute atomic E-state index is 12.2. The Hall–Kier alpha value is -2.51. The van der Waals surface area contributed by atoms with Crippen LogP contribution in [0, 0.1) is 23.7 Å². The zero-order chi connectivity index (χ0) is 21.9. The van der Waals surface area contributed by atoms with Gasteiger partial charge in [0.1, 0.15) is 0 Å². The maximum atomic E-state index is 12.2. The lowest BCUT2D eigenvalue weighted by molar-refractivity contribution is -0.406. The second-order valence-electron chi connectivity index (χ2n) is 7.18. The predicted molar refractivity (Wildman–Crippen MR) is 112 cm³/mol. The van der Waals surface area contributed by atoms with E-state index in [1.165, 1.54) is 14.2 Å². The molecule has 0 N–H and O–H groups in total. The molecule has 1 aromatic heterocycles. The molecule has 1 fully saturated rings. The standard InChI is InChI=1S/C24H30O6/c1-23(26-3)24(2,27-4)30-22(25)21(29-23)18-14-12-10-8-6-5-7-9-11-13-16-20-17-15-19-28-20/h9,11,15,17,19,21H,6,8,10,12,14,18H2,1-4H3. The molecule has 162 valence electrons. The Bertz CT molecular complexity index is 819. The Kier molecular flexibility index (Phi) is 9.20. The number of hydrogen-bond acceptors (Lipinski definition) is 6. The van der Waals surface area contributed by atoms with E-state index in [9.17, 15) is 4.79 Å². The lowest BCUT2D eigenvalue weighted by Crippen LogP contribution is -2.64. The molecule has 1 aromatic rings. The molecule has 1 aliphatic rings. The van der Waals surface area contributed by atoms with Crippen molar-refractivity contribution in [3.63, 3.8) is 0 Å². The van der Waals surface area contributed by atoms with Crippen LogP contribution in [0.15, 0.2) is 35.0 Å². The van der Waals surface area contributed by atoms with Gasteiger partial charge in [0, 0.05) is 27.6 Å². The van der Waals surface area contributed by atoms with E-state index in [-0.39, 0.29) is 0 Å². The first-order valence-electron chi connectivity index (χ1n) is 10.1. The Morgan fingerprint density at radius 1 is 1.07 bits per heavy atom. The van der Waals surface area contributed by atoms with Crippen LogP contribution in [0.4, 0.5) is 0 Å². The topological polar surface area (TPSA) is 67.1 Å². The monoisotopic (exact) mass is 414 g/mol. The molecule has 30 heavy (non-hydrogen) atoms. The van der Waals surface area contributed by atoms with Gasteiger partial charge in [-0.05, 0) is 50.0 Å². The van der Waals surface area contributed by atoms with Crippen LogP contribution < -0.4 is 0 Å². The van der Waals surface area contributed by atoms with Crippen LogP contribution in [0.3, 0.4) is 0 Å². The molecule has 6 nitrogen and oxygen atoms in total. The minimum Gasteiger partial charge on any atom is -0.456 e. The summed E-state index contributed by atoms with van der Waals surface area (Å²) in [4.78, 5) is 12.2. The van der Waals surface area contributed by atoms with Crippen LogP contribution in [0.25, 0.3) is 0 Å². The van der Waals surface area contributed by atoms with Crippen molar-refractivity contribution < 1.29 is 28.2 Å². The van der Waals surface area contributed by atoms with E-state index < -0.39 is 23.6 Å². The second kappa shape index (κ2) is 11.6. The second-order valence-corrected chi connectivity index (χ2v) is 7.18. The van der Waals surface area contributed by atoms with Crippen LogP contribution in [0.2, 0.25) is 0 Å². The maximum Gasteiger partial charge on any atom is 0.338 e. The van der Waals surface area contributed by atoms with Gasteiger partial charge in [-0.2, -0.15) is 0 Å². The predicted octanol–water partition coefficient (Wildman–Crippen LogP) is 4.20. The molecule has 6 heteroatoms. The fourth-order valence-electron chi connectivity index (χ4n) is 2.99. The van der Waals surface area contributed by atoms with Crippen LogP contribution in [-0.4, -0.2) is 37.9 Å². The van der Waals surface area contributed by atoms with Gasteiger partial charge in [0.05, 0.1) is 6.26 Å². The molecule has 3 atom stereocenters. The van der Waals surface area contributed by atoms with E-state index in [4.69, 9.17) is 23.4 Å². The number of rotatable bonds is 8. The molecule has 0 aliphatic carbocycles. The summed E-state index contributed by atoms with van der Waals surface area (Å²) in [6.07, 6.45) is 9.70. The Balaban J connectivity index is 1.61. The fraction of sp³-hybridized carbons (Fsp3) is 0.542. The van der Waals surface area contributed by atoms with Gasteiger partial charge < -0.3 is 23.4 Å². The van der Waals surface area contributed by atoms with Crippen LogP contribution >= 0.6 is 0 Å². The highest BCUT2D eigenvalue weighted by molar-refractivity contribution is 5.75. The summed E-state index contributed by atoms with van der Waals surface area (Å²) in [5, 5.41) is 0. The van der Waals surface area contributed by atoms with Crippen molar-refractivity contribution in [3.05, 3.63) is 36.3 Å². The van der Waals surface area contributed by atoms with E-state index in [0.717, 1.165) is 32.1 Å². The van der Waals surface area contributed by atoms with E-state index in [1.807, 2.05) is 6.07 Å². The summed E-state index contributed by atoms with van der Waals surface area (Å²) in [5.41, 5.74) is 0. The summed E-state index contributed by atoms with van der Waals surface area (Å²) in [7, 11) is 2.97. The molecular weight excluding hydrogens is 384 g/mol. The van der Waals surface area contributed by atoms with Crippen molar-refractivity contribution >= 4 is 5.97 Å². The smallest absolute Gasteiger partial charge is 0.338 e. The van der Waals surface area contributed by atoms with Gasteiger partial charge >= 0.3 is 5.97 Å². The number of furan rings is 1. The SMILES string of the molecule is COC1(C)OC(=O)C(CCCCCCC#CC=CC#Cc2ccco2)OC1(C)OC. The Morgan fingerprint density at radius 3 is 2.50 bits per heavy atom. The van der Waals surface area contributed by atoms with E-state index in [2.05, 4.69) is 23.7 Å². The van der Waals surface area contributed by atoms with Crippen molar-refractivity contribution in [3.8, 4) is 23.7 Å². The number of carbonyl (C=O) groups is 1. The highest BCUT2D eigenvalue weighted by Crippen LogP contribution is 2.38. The molecule has 0 spiro atoms. The number of unbranched alkanes of at least 4 members (excludes halogenated alkanes) is 4. The minimum absolute atomic E-state index is 0.415. The molecule has 0 aromatic carbocycles. The zero-order valence-corrected chi connectivity index (χ0v) is 18.2. The number of esters is 1. The first kappa shape index (κ1) is 23.8. The van der Waals surface area contributed by atoms with Gasteiger partial charge in [-0.1, -0.05) is 37.0 Å². The van der Waals surface area contributed by atoms with E-state index >= 15 is 0 Å². The first-order valence-corrected chi connectivity index (χ1v) is 10.1. The number of hydrogen-bond donors (Lipinski definition) is 0. The molecular formula is C24H30O6. The molecule has 0 bridgehead atoms. The summed E-state index contributed by atoms with van der Waals surface area (Å²) in [5.74, 6) is 9.61. The number of allylic oxidation sites excluding steroid dienone is 2. The van der Waals surface area contributed by atoms with Crippen molar-refractivity contribution in [1.29, 1.82) is 0 Å². The van der Waals surface area contributed by atoms with E-state index in [0.29, 0.717) is 12.2 Å². The number of cyclic esters (lactones) is 1. The summed E-state index contributed by atoms with van der Waals surface area (Å²) in [6.45, 7) is 3.35. The average molecular weight is 414 g/mol. The summed E-state index contributed by atoms with van der Waals surface area (Å²) < 4.78 is 27.2. The third-order valence-corrected chi connectivity index (χ3v) is 5.12. The third-order valence-electron chi connectivity index (χ3n) is 5.12. The molecule has 0 amide bonds. The first-order chi connectivity index (χ1) is 14.4. The summed E-state index contributed by atoms with van der Waals surface area (Å²) >= 11 is 0. The quantitative estimate of drug-likeness (QED) is 0.361. The molecule has 2 heterocycles. The zero-order valence-electron chi connectivity index (χ0n) is 18.2. The summed E-state index contributed by atoms with van der Waals surface area (Å²) in [6, 6.07) is 3.61. The van der Waals surface area contributed by atoms with Gasteiger partial charge in [-0.3, -0.25) is 0 Å². The number of carbonyl (C=O) groups excluding carboxylic acids is 1. The molecule has 0 radical (unpaired) electrons. The Morgan fingerprint density at radius 2 is 1.80 bits per heavy atom. The van der Waals surface area contributed by atoms with E-state index in [1.54, 1.807) is 38.3 Å². The molecule has 2 rings (SSSR count). The molecule has 1 aliphatic heterocycles. The number of ether oxygens (including phenoxy) is 4. The third kappa shape index (κ3) is 6.50. The highest BCUT2D eigenvalue weighted by Gasteiger charge is 2.57. The lowest BCUT2D eigenvalue weighted by atomic mass is 10.0. The number of methoxy groups -OCH3 is 2. The van der Waals surface area contributed by atoms with Gasteiger partial charge in [0.2, 0.25) is 5.79 Å². The van der Waals surface area contributed by atoms with Crippen molar-refractivity contribution in [2.45, 2.75) is 70.1 Å². The normalized spacial score (nSPS) is 25.9. The molecule has 1 saturated heterocycles. The van der Waals surface area contributed by atoms with Crippen LogP contribution in [0.1, 0.15) is 58.1 Å². The largest absolute Gasteiger partial charge is 0.456 e. The van der Waals surface area contributed by atoms with Crippen molar-refractivity contribution in [2.24, 2.45) is 0 Å². The van der Waals surface area contributed by atoms with Gasteiger partial charge in [0.25, 0.3) is 5.79 Å². The van der Waals surface area contributed by atoms with Crippen LogP contribution in [-0.2, 0) is 23.7 Å². The fourth-order valence-corrected chi connectivity index (χ4v) is 2.99.